The largest absolute Gasteiger partial charge is 0.396 e. The van der Waals surface area contributed by atoms with Gasteiger partial charge in [-0.1, -0.05) is 42.1 Å². The van der Waals surface area contributed by atoms with Crippen LogP contribution in [0.15, 0.2) is 58.5 Å². The van der Waals surface area contributed by atoms with Gasteiger partial charge < -0.3 is 10.4 Å². The lowest BCUT2D eigenvalue weighted by Crippen LogP contribution is -2.27. The summed E-state index contributed by atoms with van der Waals surface area (Å²) in [5, 5.41) is 12.7. The van der Waals surface area contributed by atoms with Crippen molar-refractivity contribution in [2.24, 2.45) is 0 Å². The fraction of sp³-hybridized carbons (Fsp3) is 0.250. The molecule has 2 N–H and O–H groups in total. The topological polar surface area (TPSA) is 84.2 Å². The molecule has 1 aromatic heterocycles. The monoisotopic (exact) mass is 401 g/mol. The molecule has 0 spiro atoms. The van der Waals surface area contributed by atoms with E-state index in [2.05, 4.69) is 10.3 Å². The standard InChI is InChI=1S/C20H20FN3O3S/c21-16-8-3-1-6-14(16)12-22-18(26)13-28-20-23-17-9-4-2-7-15(17)19(27)24(20)10-5-11-25/h1-4,6-9,25H,5,10-13H2,(H,22,26). The van der Waals surface area contributed by atoms with Crippen molar-refractivity contribution in [3.05, 3.63) is 70.3 Å². The Bertz CT molecular complexity index is 1040. The molecule has 2 aromatic carbocycles. The first-order chi connectivity index (χ1) is 13.6. The maximum atomic E-state index is 13.6. The SMILES string of the molecule is O=C(CSc1nc2ccccc2c(=O)n1CCCO)NCc1ccccc1F. The van der Waals surface area contributed by atoms with Crippen LogP contribution < -0.4 is 10.9 Å². The van der Waals surface area contributed by atoms with Crippen LogP contribution in [-0.2, 0) is 17.9 Å². The molecule has 0 atom stereocenters. The summed E-state index contributed by atoms with van der Waals surface area (Å²) in [7, 11) is 0. The van der Waals surface area contributed by atoms with E-state index in [4.69, 9.17) is 5.11 Å². The molecule has 28 heavy (non-hydrogen) atoms. The van der Waals surface area contributed by atoms with E-state index < -0.39 is 0 Å². The van der Waals surface area contributed by atoms with Gasteiger partial charge in [0.1, 0.15) is 5.82 Å². The molecule has 3 rings (SSSR count). The number of nitrogens with zero attached hydrogens (tertiary/aromatic N) is 2. The molecular weight excluding hydrogens is 381 g/mol. The fourth-order valence-corrected chi connectivity index (χ4v) is 3.56. The number of carbonyl (C=O) groups excluding carboxylic acids is 1. The van der Waals surface area contributed by atoms with Crippen LogP contribution >= 0.6 is 11.8 Å². The summed E-state index contributed by atoms with van der Waals surface area (Å²) in [4.78, 5) is 29.4. The van der Waals surface area contributed by atoms with Gasteiger partial charge in [-0.25, -0.2) is 9.37 Å². The Morgan fingerprint density at radius 1 is 1.18 bits per heavy atom. The van der Waals surface area contributed by atoms with Crippen LogP contribution in [0.2, 0.25) is 0 Å². The minimum atomic E-state index is -0.371. The number of hydrogen-bond acceptors (Lipinski definition) is 5. The molecule has 0 aliphatic heterocycles. The Labute approximate surface area is 165 Å². The van der Waals surface area contributed by atoms with Crippen LogP contribution in [0.5, 0.6) is 0 Å². The minimum Gasteiger partial charge on any atom is -0.396 e. The second-order valence-corrected chi connectivity index (χ2v) is 7.04. The van der Waals surface area contributed by atoms with Gasteiger partial charge in [-0.2, -0.15) is 0 Å². The number of para-hydroxylation sites is 1. The summed E-state index contributed by atoms with van der Waals surface area (Å²) in [6.45, 7) is 0.355. The molecule has 0 radical (unpaired) electrons. The van der Waals surface area contributed by atoms with E-state index in [1.807, 2.05) is 0 Å². The lowest BCUT2D eigenvalue weighted by atomic mass is 10.2. The quantitative estimate of drug-likeness (QED) is 0.447. The molecular formula is C20H20FN3O3S. The molecule has 0 aliphatic rings. The summed E-state index contributed by atoms with van der Waals surface area (Å²) in [5.74, 6) is -0.618. The van der Waals surface area contributed by atoms with Crippen LogP contribution in [0.1, 0.15) is 12.0 Å². The minimum absolute atomic E-state index is 0.0400. The van der Waals surface area contributed by atoms with Crippen molar-refractivity contribution >= 4 is 28.6 Å². The summed E-state index contributed by atoms with van der Waals surface area (Å²) < 4.78 is 15.1. The number of benzene rings is 2. The Balaban J connectivity index is 1.73. The highest BCUT2D eigenvalue weighted by Crippen LogP contribution is 2.18. The third-order valence-electron chi connectivity index (χ3n) is 4.13. The molecule has 146 valence electrons. The smallest absolute Gasteiger partial charge is 0.262 e. The number of halogens is 1. The van der Waals surface area contributed by atoms with E-state index in [9.17, 15) is 14.0 Å². The Morgan fingerprint density at radius 3 is 2.71 bits per heavy atom. The third-order valence-corrected chi connectivity index (χ3v) is 5.11. The first kappa shape index (κ1) is 20.0. The number of fused-ring (bicyclic) bond motifs is 1. The summed E-state index contributed by atoms with van der Waals surface area (Å²) >= 11 is 1.14. The summed E-state index contributed by atoms with van der Waals surface area (Å²) in [6.07, 6.45) is 0.410. The van der Waals surface area contributed by atoms with Gasteiger partial charge in [0, 0.05) is 25.3 Å². The van der Waals surface area contributed by atoms with Crippen LogP contribution in [0, 0.1) is 5.82 Å². The maximum Gasteiger partial charge on any atom is 0.262 e. The molecule has 0 unspecified atom stereocenters. The molecule has 0 aliphatic carbocycles. The number of aliphatic hydroxyl groups is 1. The van der Waals surface area contributed by atoms with Crippen LogP contribution in [0.25, 0.3) is 10.9 Å². The first-order valence-electron chi connectivity index (χ1n) is 8.83. The zero-order chi connectivity index (χ0) is 19.9. The molecule has 1 amide bonds. The van der Waals surface area contributed by atoms with Crippen molar-refractivity contribution < 1.29 is 14.3 Å². The number of amides is 1. The molecule has 0 saturated carbocycles. The normalized spacial score (nSPS) is 10.9. The number of aromatic nitrogens is 2. The average Bonchev–Trinajstić information content (AvgIpc) is 2.71. The van der Waals surface area contributed by atoms with E-state index in [0.717, 1.165) is 11.8 Å². The zero-order valence-corrected chi connectivity index (χ0v) is 15.9. The second kappa shape index (κ2) is 9.48. The van der Waals surface area contributed by atoms with Gasteiger partial charge in [0.2, 0.25) is 5.91 Å². The summed E-state index contributed by atoms with van der Waals surface area (Å²) in [6, 6.07) is 13.3. The Kier molecular flexibility index (Phi) is 6.78. The fourth-order valence-electron chi connectivity index (χ4n) is 2.70. The average molecular weight is 401 g/mol. The van der Waals surface area contributed by atoms with E-state index in [0.29, 0.717) is 34.6 Å². The van der Waals surface area contributed by atoms with E-state index in [1.54, 1.807) is 42.5 Å². The van der Waals surface area contributed by atoms with E-state index in [1.165, 1.54) is 10.6 Å². The van der Waals surface area contributed by atoms with Gasteiger partial charge in [0.25, 0.3) is 5.56 Å². The predicted molar refractivity (Wildman–Crippen MR) is 107 cm³/mol. The van der Waals surface area contributed by atoms with Crippen molar-refractivity contribution in [2.45, 2.75) is 24.7 Å². The van der Waals surface area contributed by atoms with Crippen molar-refractivity contribution in [1.29, 1.82) is 0 Å². The van der Waals surface area contributed by atoms with Crippen molar-refractivity contribution in [3.8, 4) is 0 Å². The molecule has 0 bridgehead atoms. The van der Waals surface area contributed by atoms with Gasteiger partial charge >= 0.3 is 0 Å². The number of thioether (sulfide) groups is 1. The Hall–Kier alpha value is -2.71. The van der Waals surface area contributed by atoms with Gasteiger partial charge in [-0.3, -0.25) is 14.2 Å². The van der Waals surface area contributed by atoms with Crippen molar-refractivity contribution in [1.82, 2.24) is 14.9 Å². The number of carbonyl (C=O) groups is 1. The van der Waals surface area contributed by atoms with Gasteiger partial charge in [-0.15, -0.1) is 0 Å². The lowest BCUT2D eigenvalue weighted by molar-refractivity contribution is -0.118. The molecule has 8 heteroatoms. The number of rotatable bonds is 8. The second-order valence-electron chi connectivity index (χ2n) is 6.10. The number of hydrogen-bond donors (Lipinski definition) is 2. The van der Waals surface area contributed by atoms with Gasteiger partial charge in [-0.05, 0) is 24.6 Å². The molecule has 3 aromatic rings. The first-order valence-corrected chi connectivity index (χ1v) is 9.82. The highest BCUT2D eigenvalue weighted by molar-refractivity contribution is 7.99. The zero-order valence-electron chi connectivity index (χ0n) is 15.1. The predicted octanol–water partition coefficient (Wildman–Crippen LogP) is 2.33. The van der Waals surface area contributed by atoms with Crippen LogP contribution in [0.3, 0.4) is 0 Å². The van der Waals surface area contributed by atoms with Gasteiger partial charge in [0.05, 0.1) is 16.7 Å². The Morgan fingerprint density at radius 2 is 1.93 bits per heavy atom. The maximum absolute atomic E-state index is 13.6. The molecule has 1 heterocycles. The van der Waals surface area contributed by atoms with E-state index in [-0.39, 0.29) is 36.2 Å². The van der Waals surface area contributed by atoms with Crippen molar-refractivity contribution in [3.63, 3.8) is 0 Å². The van der Waals surface area contributed by atoms with Crippen molar-refractivity contribution in [2.75, 3.05) is 12.4 Å². The summed E-state index contributed by atoms with van der Waals surface area (Å²) in [5.41, 5.74) is 0.764. The molecule has 0 saturated heterocycles. The highest BCUT2D eigenvalue weighted by Gasteiger charge is 2.13. The van der Waals surface area contributed by atoms with Crippen LogP contribution in [0.4, 0.5) is 4.39 Å². The van der Waals surface area contributed by atoms with Gasteiger partial charge in [0.15, 0.2) is 5.16 Å². The number of aliphatic hydroxyl groups excluding tert-OH is 1. The highest BCUT2D eigenvalue weighted by atomic mass is 32.2. The third kappa shape index (κ3) is 4.76. The molecule has 0 fully saturated rings. The van der Waals surface area contributed by atoms with E-state index >= 15 is 0 Å². The van der Waals surface area contributed by atoms with Crippen LogP contribution in [-0.4, -0.2) is 32.9 Å². The number of nitrogens with one attached hydrogen (secondary N) is 1. The lowest BCUT2D eigenvalue weighted by Gasteiger charge is -2.12. The molecule has 6 nitrogen and oxygen atoms in total.